The second-order valence-corrected chi connectivity index (χ2v) is 5.87. The monoisotopic (exact) mass is 333 g/mol. The number of amides is 1. The van der Waals surface area contributed by atoms with Gasteiger partial charge >= 0.3 is 6.18 Å². The lowest BCUT2D eigenvalue weighted by Gasteiger charge is -2.29. The maximum absolute atomic E-state index is 13.0. The molecular formula is C15H22F3N3O2. The van der Waals surface area contributed by atoms with Gasteiger partial charge < -0.3 is 10.0 Å². The topological polar surface area (TPSA) is 69.2 Å². The number of aromatic nitrogens is 2. The van der Waals surface area contributed by atoms with Gasteiger partial charge in [0.2, 0.25) is 5.91 Å². The number of carbonyl (C=O) groups excluding carboxylic acids is 1. The zero-order chi connectivity index (χ0) is 17.0. The van der Waals surface area contributed by atoms with Crippen LogP contribution in [0.15, 0.2) is 0 Å². The van der Waals surface area contributed by atoms with Gasteiger partial charge in [0.15, 0.2) is 5.69 Å². The number of carbonyl (C=O) groups is 1. The van der Waals surface area contributed by atoms with Crippen molar-refractivity contribution >= 4 is 5.91 Å². The number of hydrogen-bond acceptors (Lipinski definition) is 3. The molecule has 1 aliphatic carbocycles. The number of nitrogens with zero attached hydrogens (tertiary/aromatic N) is 2. The molecule has 0 fully saturated rings. The highest BCUT2D eigenvalue weighted by atomic mass is 19.4. The normalized spacial score (nSPS) is 17.9. The molecule has 1 aliphatic rings. The van der Waals surface area contributed by atoms with Gasteiger partial charge in [-0.2, -0.15) is 18.3 Å². The van der Waals surface area contributed by atoms with E-state index < -0.39 is 17.8 Å². The highest BCUT2D eigenvalue weighted by molar-refractivity contribution is 5.79. The van der Waals surface area contributed by atoms with Crippen LogP contribution in [0.2, 0.25) is 0 Å². The molecule has 2 rings (SSSR count). The summed E-state index contributed by atoms with van der Waals surface area (Å²) < 4.78 is 38.9. The molecule has 1 aromatic heterocycles. The molecule has 2 N–H and O–H groups in total. The third kappa shape index (κ3) is 4.04. The van der Waals surface area contributed by atoms with Crippen LogP contribution in [0.1, 0.15) is 43.1 Å². The fourth-order valence-corrected chi connectivity index (χ4v) is 3.00. The quantitative estimate of drug-likeness (QED) is 0.838. The number of aliphatic hydroxyl groups excluding tert-OH is 1. The number of H-pyrrole nitrogens is 1. The lowest BCUT2D eigenvalue weighted by atomic mass is 9.85. The molecule has 23 heavy (non-hydrogen) atoms. The minimum absolute atomic E-state index is 0.0492. The molecule has 1 aromatic rings. The van der Waals surface area contributed by atoms with E-state index in [4.69, 9.17) is 5.11 Å². The summed E-state index contributed by atoms with van der Waals surface area (Å²) in [4.78, 5) is 14.2. The van der Waals surface area contributed by atoms with Gasteiger partial charge in [-0.05, 0) is 25.7 Å². The van der Waals surface area contributed by atoms with Gasteiger partial charge in [-0.15, -0.1) is 0 Å². The van der Waals surface area contributed by atoms with Crippen LogP contribution in [0.4, 0.5) is 13.2 Å². The number of hydrogen-bond donors (Lipinski definition) is 2. The van der Waals surface area contributed by atoms with Crippen LogP contribution >= 0.6 is 0 Å². The lowest BCUT2D eigenvalue weighted by Crippen LogP contribution is -2.40. The highest BCUT2D eigenvalue weighted by Crippen LogP contribution is 2.36. The predicted molar refractivity (Wildman–Crippen MR) is 77.7 cm³/mol. The maximum Gasteiger partial charge on any atom is 0.435 e. The van der Waals surface area contributed by atoms with Crippen molar-refractivity contribution in [1.29, 1.82) is 0 Å². The summed E-state index contributed by atoms with van der Waals surface area (Å²) in [7, 11) is 0. The molecule has 1 atom stereocenters. The summed E-state index contributed by atoms with van der Waals surface area (Å²) in [5.74, 6) is -0.655. The summed E-state index contributed by atoms with van der Waals surface area (Å²) in [5, 5.41) is 14.9. The fraction of sp³-hybridized carbons (Fsp3) is 0.733. The lowest BCUT2D eigenvalue weighted by molar-refractivity contribution is -0.143. The van der Waals surface area contributed by atoms with Gasteiger partial charge in [0, 0.05) is 30.3 Å². The highest BCUT2D eigenvalue weighted by Gasteiger charge is 2.40. The van der Waals surface area contributed by atoms with Crippen LogP contribution in [0.5, 0.6) is 0 Å². The molecule has 0 aliphatic heterocycles. The summed E-state index contributed by atoms with van der Waals surface area (Å²) in [6, 6.07) is 0. The number of fused-ring (bicyclic) bond motifs is 1. The fourth-order valence-electron chi connectivity index (χ4n) is 3.00. The first kappa shape index (κ1) is 17.8. The largest absolute Gasteiger partial charge is 0.435 e. The molecule has 1 amide bonds. The maximum atomic E-state index is 13.0. The standard InChI is InChI=1S/C15H22F3N3O2/c1-2-3-6-21(7-8-22)14(23)10-4-5-12-11(9-10)13(20-19-12)15(16,17)18/h10,22H,2-9H2,1H3,(H,19,20). The van der Waals surface area contributed by atoms with Crippen molar-refractivity contribution in [1.82, 2.24) is 15.1 Å². The number of aliphatic hydroxyl groups is 1. The number of alkyl halides is 3. The van der Waals surface area contributed by atoms with Crippen molar-refractivity contribution in [2.45, 2.75) is 45.2 Å². The van der Waals surface area contributed by atoms with E-state index in [2.05, 4.69) is 10.2 Å². The Hall–Kier alpha value is -1.57. The number of aromatic amines is 1. The minimum Gasteiger partial charge on any atom is -0.395 e. The minimum atomic E-state index is -4.51. The van der Waals surface area contributed by atoms with Crippen molar-refractivity contribution < 1.29 is 23.1 Å². The van der Waals surface area contributed by atoms with Crippen LogP contribution in [-0.4, -0.2) is 45.8 Å². The Morgan fingerprint density at radius 2 is 2.17 bits per heavy atom. The van der Waals surface area contributed by atoms with E-state index in [1.807, 2.05) is 6.92 Å². The summed E-state index contributed by atoms with van der Waals surface area (Å²) in [6.45, 7) is 2.60. The van der Waals surface area contributed by atoms with Gasteiger partial charge in [0.05, 0.1) is 6.61 Å². The first-order valence-corrected chi connectivity index (χ1v) is 7.91. The number of halogens is 3. The average Bonchev–Trinajstić information content (AvgIpc) is 2.93. The summed E-state index contributed by atoms with van der Waals surface area (Å²) in [5.41, 5.74) is -0.322. The van der Waals surface area contributed by atoms with Crippen LogP contribution in [0.25, 0.3) is 0 Å². The third-order valence-corrected chi connectivity index (χ3v) is 4.23. The molecule has 8 heteroatoms. The summed E-state index contributed by atoms with van der Waals surface area (Å²) in [6.07, 6.45) is -1.86. The van der Waals surface area contributed by atoms with Gasteiger partial charge in [-0.1, -0.05) is 13.3 Å². The van der Waals surface area contributed by atoms with Gasteiger partial charge in [-0.25, -0.2) is 0 Å². The van der Waals surface area contributed by atoms with Gasteiger partial charge in [0.1, 0.15) is 0 Å². The van der Waals surface area contributed by atoms with Crippen LogP contribution in [0, 0.1) is 5.92 Å². The Morgan fingerprint density at radius 1 is 1.43 bits per heavy atom. The van der Waals surface area contributed by atoms with Crippen molar-refractivity contribution in [2.24, 2.45) is 5.92 Å². The molecule has 0 radical (unpaired) electrons. The molecular weight excluding hydrogens is 311 g/mol. The third-order valence-electron chi connectivity index (χ3n) is 4.23. The molecule has 0 saturated heterocycles. The van der Waals surface area contributed by atoms with Crippen LogP contribution in [0.3, 0.4) is 0 Å². The van der Waals surface area contributed by atoms with Crippen molar-refractivity contribution in [3.63, 3.8) is 0 Å². The Bertz CT molecular complexity index is 543. The first-order chi connectivity index (χ1) is 10.9. The zero-order valence-electron chi connectivity index (χ0n) is 13.1. The van der Waals surface area contributed by atoms with E-state index in [1.54, 1.807) is 4.90 Å². The molecule has 0 spiro atoms. The molecule has 1 heterocycles. The zero-order valence-corrected chi connectivity index (χ0v) is 13.1. The van der Waals surface area contributed by atoms with Crippen molar-refractivity contribution in [3.8, 4) is 0 Å². The molecule has 130 valence electrons. The number of aryl methyl sites for hydroxylation is 1. The Labute approximate surface area is 132 Å². The van der Waals surface area contributed by atoms with Gasteiger partial charge in [-0.3, -0.25) is 9.89 Å². The molecule has 1 unspecified atom stereocenters. The number of nitrogens with one attached hydrogen (secondary N) is 1. The number of unbranched alkanes of at least 4 members (excludes halogenated alkanes) is 1. The molecule has 0 saturated carbocycles. The second kappa shape index (κ2) is 7.33. The molecule has 5 nitrogen and oxygen atoms in total. The Kier molecular flexibility index (Phi) is 5.67. The van der Waals surface area contributed by atoms with Crippen molar-refractivity contribution in [3.05, 3.63) is 17.0 Å². The van der Waals surface area contributed by atoms with E-state index in [-0.39, 0.29) is 31.0 Å². The van der Waals surface area contributed by atoms with Crippen molar-refractivity contribution in [2.75, 3.05) is 19.7 Å². The first-order valence-electron chi connectivity index (χ1n) is 7.91. The molecule has 0 bridgehead atoms. The van der Waals surface area contributed by atoms with E-state index >= 15 is 0 Å². The van der Waals surface area contributed by atoms with E-state index in [0.29, 0.717) is 25.1 Å². The average molecular weight is 333 g/mol. The van der Waals surface area contributed by atoms with E-state index in [0.717, 1.165) is 12.8 Å². The molecule has 0 aromatic carbocycles. The Balaban J connectivity index is 2.13. The van der Waals surface area contributed by atoms with E-state index in [9.17, 15) is 18.0 Å². The van der Waals surface area contributed by atoms with Gasteiger partial charge in [0.25, 0.3) is 0 Å². The Morgan fingerprint density at radius 3 is 2.78 bits per heavy atom. The van der Waals surface area contributed by atoms with Crippen LogP contribution in [-0.2, 0) is 23.8 Å². The number of rotatable bonds is 6. The summed E-state index contributed by atoms with van der Waals surface area (Å²) >= 11 is 0. The smallest absolute Gasteiger partial charge is 0.395 e. The SMILES string of the molecule is CCCCN(CCO)C(=O)C1CCc2[nH]nc(C(F)(F)F)c2C1. The second-order valence-electron chi connectivity index (χ2n) is 5.87. The predicted octanol–water partition coefficient (Wildman–Crippen LogP) is 2.15. The van der Waals surface area contributed by atoms with E-state index in [1.165, 1.54) is 0 Å². The van der Waals surface area contributed by atoms with Crippen LogP contribution < -0.4 is 0 Å².